The fourth-order valence-electron chi connectivity index (χ4n) is 2.63. The minimum Gasteiger partial charge on any atom is -0.339 e. The summed E-state index contributed by atoms with van der Waals surface area (Å²) in [5, 5.41) is 9.69. The van der Waals surface area contributed by atoms with Gasteiger partial charge >= 0.3 is 11.9 Å². The number of nitrogens with one attached hydrogen (secondary N) is 1. The molecule has 0 atom stereocenters. The van der Waals surface area contributed by atoms with Crippen molar-refractivity contribution < 1.29 is 18.0 Å². The van der Waals surface area contributed by atoms with Crippen LogP contribution in [0.15, 0.2) is 10.9 Å². The van der Waals surface area contributed by atoms with Crippen LogP contribution < -0.4 is 5.69 Å². The summed E-state index contributed by atoms with van der Waals surface area (Å²) >= 11 is 0. The first-order chi connectivity index (χ1) is 11.3. The van der Waals surface area contributed by atoms with Crippen molar-refractivity contribution in [1.29, 1.82) is 0 Å². The summed E-state index contributed by atoms with van der Waals surface area (Å²) in [4.78, 5) is 25.4. The van der Waals surface area contributed by atoms with Crippen LogP contribution in [0.25, 0.3) is 0 Å². The van der Waals surface area contributed by atoms with Gasteiger partial charge in [0.1, 0.15) is 12.4 Å². The van der Waals surface area contributed by atoms with Gasteiger partial charge in [-0.3, -0.25) is 14.0 Å². The molecule has 1 aliphatic rings. The molecule has 130 valence electrons. The van der Waals surface area contributed by atoms with Gasteiger partial charge in [-0.15, -0.1) is 0 Å². The van der Waals surface area contributed by atoms with E-state index in [9.17, 15) is 22.8 Å². The second-order valence-corrected chi connectivity index (χ2v) is 5.55. The fraction of sp³-hybridized carbons (Fsp3) is 0.538. The molecule has 1 aliphatic heterocycles. The van der Waals surface area contributed by atoms with Crippen LogP contribution in [0.4, 0.5) is 13.2 Å². The van der Waals surface area contributed by atoms with Crippen molar-refractivity contribution in [2.75, 3.05) is 13.1 Å². The Bertz CT molecular complexity index is 819. The molecular formula is C13H15F3N6O2. The first-order valence-corrected chi connectivity index (χ1v) is 7.29. The minimum atomic E-state index is -4.54. The maximum atomic E-state index is 12.7. The molecule has 0 aliphatic carbocycles. The predicted molar refractivity (Wildman–Crippen MR) is 75.1 cm³/mol. The molecule has 0 spiro atoms. The average molecular weight is 344 g/mol. The number of carbonyl (C=O) groups is 1. The van der Waals surface area contributed by atoms with E-state index in [-0.39, 0.29) is 30.4 Å². The van der Waals surface area contributed by atoms with Crippen molar-refractivity contribution in [2.45, 2.75) is 32.6 Å². The Balaban J connectivity index is 1.70. The third kappa shape index (κ3) is 3.05. The summed E-state index contributed by atoms with van der Waals surface area (Å²) in [5.74, 6) is 0.210. The van der Waals surface area contributed by atoms with Crippen LogP contribution in [0.1, 0.15) is 17.2 Å². The molecule has 0 saturated carbocycles. The molecule has 8 nitrogen and oxygen atoms in total. The van der Waals surface area contributed by atoms with Crippen LogP contribution in [0, 0.1) is 6.92 Å². The maximum absolute atomic E-state index is 12.7. The van der Waals surface area contributed by atoms with E-state index in [0.29, 0.717) is 25.3 Å². The zero-order chi connectivity index (χ0) is 17.5. The lowest BCUT2D eigenvalue weighted by molar-refractivity contribution is -0.142. The average Bonchev–Trinajstić information content (AvgIpc) is 2.95. The van der Waals surface area contributed by atoms with Crippen molar-refractivity contribution in [2.24, 2.45) is 0 Å². The van der Waals surface area contributed by atoms with Gasteiger partial charge in [-0.25, -0.2) is 9.89 Å². The molecule has 0 unspecified atom stereocenters. The first kappa shape index (κ1) is 16.3. The van der Waals surface area contributed by atoms with Crippen LogP contribution in [0.5, 0.6) is 0 Å². The molecule has 0 fully saturated rings. The van der Waals surface area contributed by atoms with Crippen molar-refractivity contribution >= 4 is 5.91 Å². The summed E-state index contributed by atoms with van der Waals surface area (Å²) in [7, 11) is 0. The van der Waals surface area contributed by atoms with Crippen molar-refractivity contribution in [1.82, 2.24) is 29.4 Å². The predicted octanol–water partition coefficient (Wildman–Crippen LogP) is 0.180. The summed E-state index contributed by atoms with van der Waals surface area (Å²) in [6.07, 6.45) is -4.14. The molecule has 1 N–H and O–H groups in total. The van der Waals surface area contributed by atoms with Gasteiger partial charge < -0.3 is 4.90 Å². The Kier molecular flexibility index (Phi) is 3.93. The number of hydrogen-bond acceptors (Lipinski definition) is 4. The number of aromatic amines is 1. The Morgan fingerprint density at radius 3 is 2.75 bits per heavy atom. The van der Waals surface area contributed by atoms with Crippen LogP contribution in [0.3, 0.4) is 0 Å². The number of H-pyrrole nitrogens is 1. The molecule has 24 heavy (non-hydrogen) atoms. The number of carbonyl (C=O) groups excluding carboxylic acids is 1. The largest absolute Gasteiger partial charge is 0.435 e. The Labute approximate surface area is 133 Å². The molecule has 0 aromatic carbocycles. The van der Waals surface area contributed by atoms with E-state index in [0.717, 1.165) is 10.7 Å². The van der Waals surface area contributed by atoms with E-state index in [1.54, 1.807) is 0 Å². The van der Waals surface area contributed by atoms with Gasteiger partial charge in [-0.2, -0.15) is 23.4 Å². The molecular weight excluding hydrogens is 329 g/mol. The highest BCUT2D eigenvalue weighted by atomic mass is 19.4. The van der Waals surface area contributed by atoms with Crippen LogP contribution in [0.2, 0.25) is 0 Å². The topological polar surface area (TPSA) is 88.8 Å². The quantitative estimate of drug-likeness (QED) is 0.842. The van der Waals surface area contributed by atoms with Crippen molar-refractivity contribution in [3.8, 4) is 0 Å². The molecule has 0 saturated heterocycles. The third-order valence-electron chi connectivity index (χ3n) is 3.95. The van der Waals surface area contributed by atoms with Gasteiger partial charge in [0.05, 0.1) is 0 Å². The number of hydrogen-bond donors (Lipinski definition) is 1. The summed E-state index contributed by atoms with van der Waals surface area (Å²) < 4.78 is 40.5. The summed E-state index contributed by atoms with van der Waals surface area (Å²) in [6, 6.07) is 0.908. The second kappa shape index (κ2) is 5.80. The summed E-state index contributed by atoms with van der Waals surface area (Å²) in [6.45, 7) is 2.11. The first-order valence-electron chi connectivity index (χ1n) is 7.29. The SMILES string of the molecule is Cc1cc(C(F)(F)F)nn1CC(=O)N1CCc2n[nH]c(=O)n2CC1. The number of aryl methyl sites for hydroxylation is 1. The highest BCUT2D eigenvalue weighted by Gasteiger charge is 2.34. The van der Waals surface area contributed by atoms with Gasteiger partial charge in [0.15, 0.2) is 5.69 Å². The lowest BCUT2D eigenvalue weighted by atomic mass is 10.3. The maximum Gasteiger partial charge on any atom is 0.435 e. The standard InChI is InChI=1S/C13H15F3N6O2/c1-8-6-9(13(14,15)16)19-22(8)7-11(23)20-3-2-10-17-18-12(24)21(10)5-4-20/h6H,2-5,7H2,1H3,(H,18,24). The van der Waals surface area contributed by atoms with E-state index in [1.807, 2.05) is 0 Å². The molecule has 2 aromatic heterocycles. The number of amides is 1. The number of fused-ring (bicyclic) bond motifs is 1. The number of nitrogens with zero attached hydrogens (tertiary/aromatic N) is 5. The molecule has 11 heteroatoms. The van der Waals surface area contributed by atoms with Crippen molar-refractivity contribution in [3.63, 3.8) is 0 Å². The monoisotopic (exact) mass is 344 g/mol. The molecule has 0 bridgehead atoms. The molecule has 0 radical (unpaired) electrons. The van der Waals surface area contributed by atoms with Crippen LogP contribution in [-0.4, -0.2) is 48.4 Å². The molecule has 2 aromatic rings. The zero-order valence-electron chi connectivity index (χ0n) is 12.8. The van der Waals surface area contributed by atoms with E-state index in [2.05, 4.69) is 15.3 Å². The Hall–Kier alpha value is -2.59. The smallest absolute Gasteiger partial charge is 0.339 e. The van der Waals surface area contributed by atoms with Crippen LogP contribution >= 0.6 is 0 Å². The van der Waals surface area contributed by atoms with Crippen molar-refractivity contribution in [3.05, 3.63) is 33.8 Å². The highest BCUT2D eigenvalue weighted by molar-refractivity contribution is 5.76. The lowest BCUT2D eigenvalue weighted by Gasteiger charge is -2.20. The van der Waals surface area contributed by atoms with Crippen LogP contribution in [-0.2, 0) is 30.5 Å². The minimum absolute atomic E-state index is 0.259. The van der Waals surface area contributed by atoms with E-state index in [4.69, 9.17) is 0 Å². The summed E-state index contributed by atoms with van der Waals surface area (Å²) in [5.41, 5.74) is -1.10. The zero-order valence-corrected chi connectivity index (χ0v) is 12.8. The van der Waals surface area contributed by atoms with E-state index < -0.39 is 11.9 Å². The van der Waals surface area contributed by atoms with E-state index >= 15 is 0 Å². The van der Waals surface area contributed by atoms with Gasteiger partial charge in [-0.05, 0) is 13.0 Å². The third-order valence-corrected chi connectivity index (χ3v) is 3.95. The van der Waals surface area contributed by atoms with Gasteiger partial charge in [0.25, 0.3) is 0 Å². The number of aromatic nitrogens is 5. The highest BCUT2D eigenvalue weighted by Crippen LogP contribution is 2.28. The lowest BCUT2D eigenvalue weighted by Crippen LogP contribution is -2.37. The molecule has 1 amide bonds. The Morgan fingerprint density at radius 1 is 1.33 bits per heavy atom. The molecule has 3 heterocycles. The van der Waals surface area contributed by atoms with Gasteiger partial charge in [0, 0.05) is 31.7 Å². The Morgan fingerprint density at radius 2 is 2.08 bits per heavy atom. The van der Waals surface area contributed by atoms with E-state index in [1.165, 1.54) is 16.4 Å². The second-order valence-electron chi connectivity index (χ2n) is 5.55. The normalized spacial score (nSPS) is 15.2. The molecule has 3 rings (SSSR count). The number of rotatable bonds is 2. The number of alkyl halides is 3. The van der Waals surface area contributed by atoms with Gasteiger partial charge in [0.2, 0.25) is 5.91 Å². The number of halogens is 3. The fourth-order valence-corrected chi connectivity index (χ4v) is 2.63. The van der Waals surface area contributed by atoms with Gasteiger partial charge in [-0.1, -0.05) is 0 Å².